The van der Waals surface area contributed by atoms with E-state index in [0.717, 1.165) is 40.3 Å². The molecule has 0 saturated carbocycles. The summed E-state index contributed by atoms with van der Waals surface area (Å²) >= 11 is 0. The zero-order valence-electron chi connectivity index (χ0n) is 15.2. The summed E-state index contributed by atoms with van der Waals surface area (Å²) in [5.41, 5.74) is 3.27. The van der Waals surface area contributed by atoms with Crippen molar-refractivity contribution in [2.24, 2.45) is 4.99 Å². The fraction of sp³-hybridized carbons (Fsp3) is 0.238. The highest BCUT2D eigenvalue weighted by atomic mass is 16.5. The number of fused-ring (bicyclic) bond motifs is 1. The van der Waals surface area contributed by atoms with Gasteiger partial charge in [0, 0.05) is 24.7 Å². The molecule has 0 amide bonds. The Kier molecular flexibility index (Phi) is 6.04. The molecule has 134 valence electrons. The number of nitrogens with one attached hydrogen (secondary N) is 2. The summed E-state index contributed by atoms with van der Waals surface area (Å²) in [6.07, 6.45) is 1.83. The first-order valence-corrected chi connectivity index (χ1v) is 8.78. The summed E-state index contributed by atoms with van der Waals surface area (Å²) in [6.45, 7) is 4.11. The standard InChI is InChI=1S/C21H24N4O/c1-3-22-21(24-14-16-7-4-11-19(13-16)26-2)25-15-18-9-5-8-17-10-6-12-23-20(17)18/h4-13H,3,14-15H2,1-2H3,(H2,22,24,25). The third kappa shape index (κ3) is 4.51. The van der Waals surface area contributed by atoms with Crippen LogP contribution in [-0.2, 0) is 13.1 Å². The van der Waals surface area contributed by atoms with Crippen molar-refractivity contribution < 1.29 is 4.74 Å². The molecule has 0 bridgehead atoms. The van der Waals surface area contributed by atoms with Crippen LogP contribution in [0, 0.1) is 0 Å². The van der Waals surface area contributed by atoms with Gasteiger partial charge in [0.05, 0.1) is 19.2 Å². The van der Waals surface area contributed by atoms with Crippen molar-refractivity contribution in [3.8, 4) is 5.75 Å². The highest BCUT2D eigenvalue weighted by molar-refractivity contribution is 5.83. The number of hydrogen-bond donors (Lipinski definition) is 2. The molecule has 3 aromatic rings. The number of aromatic nitrogens is 1. The van der Waals surface area contributed by atoms with Gasteiger partial charge >= 0.3 is 0 Å². The Balaban J connectivity index is 1.71. The minimum absolute atomic E-state index is 0.584. The van der Waals surface area contributed by atoms with Gasteiger partial charge in [-0.05, 0) is 36.2 Å². The fourth-order valence-electron chi connectivity index (χ4n) is 2.77. The molecule has 0 spiro atoms. The molecule has 3 rings (SSSR count). The minimum Gasteiger partial charge on any atom is -0.497 e. The quantitative estimate of drug-likeness (QED) is 0.529. The summed E-state index contributed by atoms with van der Waals surface area (Å²) in [5.74, 6) is 1.63. The minimum atomic E-state index is 0.584. The molecule has 1 heterocycles. The number of guanidine groups is 1. The molecule has 0 aliphatic rings. The van der Waals surface area contributed by atoms with Crippen LogP contribution in [0.1, 0.15) is 18.1 Å². The average Bonchev–Trinajstić information content (AvgIpc) is 2.70. The molecule has 0 radical (unpaired) electrons. The van der Waals surface area contributed by atoms with E-state index in [1.807, 2.05) is 36.5 Å². The number of rotatable bonds is 6. The molecule has 0 aliphatic carbocycles. The Morgan fingerprint density at radius 1 is 1.08 bits per heavy atom. The van der Waals surface area contributed by atoms with Crippen LogP contribution in [0.4, 0.5) is 0 Å². The lowest BCUT2D eigenvalue weighted by Gasteiger charge is -2.12. The second-order valence-corrected chi connectivity index (χ2v) is 5.89. The van der Waals surface area contributed by atoms with Crippen LogP contribution in [0.25, 0.3) is 10.9 Å². The summed E-state index contributed by atoms with van der Waals surface area (Å²) < 4.78 is 5.27. The molecule has 5 nitrogen and oxygen atoms in total. The summed E-state index contributed by atoms with van der Waals surface area (Å²) in [4.78, 5) is 9.18. The molecule has 0 aliphatic heterocycles. The van der Waals surface area contributed by atoms with Crippen molar-refractivity contribution in [1.29, 1.82) is 0 Å². The first kappa shape index (κ1) is 17.7. The molecule has 26 heavy (non-hydrogen) atoms. The van der Waals surface area contributed by atoms with Crippen molar-refractivity contribution in [1.82, 2.24) is 15.6 Å². The number of nitrogens with zero attached hydrogens (tertiary/aromatic N) is 2. The molecular formula is C21H24N4O. The third-order valence-electron chi connectivity index (χ3n) is 4.06. The van der Waals surface area contributed by atoms with E-state index in [2.05, 4.69) is 51.8 Å². The largest absolute Gasteiger partial charge is 0.497 e. The summed E-state index contributed by atoms with van der Waals surface area (Å²) in [5, 5.41) is 7.83. The Morgan fingerprint density at radius 3 is 2.77 bits per heavy atom. The number of hydrogen-bond acceptors (Lipinski definition) is 3. The van der Waals surface area contributed by atoms with Crippen LogP contribution in [-0.4, -0.2) is 24.6 Å². The van der Waals surface area contributed by atoms with Gasteiger partial charge in [0.25, 0.3) is 0 Å². The van der Waals surface area contributed by atoms with Gasteiger partial charge in [-0.1, -0.05) is 36.4 Å². The van der Waals surface area contributed by atoms with Crippen molar-refractivity contribution in [2.45, 2.75) is 20.0 Å². The van der Waals surface area contributed by atoms with Crippen LogP contribution >= 0.6 is 0 Å². The zero-order chi connectivity index (χ0) is 18.2. The number of methoxy groups -OCH3 is 1. The molecule has 0 unspecified atom stereocenters. The van der Waals surface area contributed by atoms with Gasteiger partial charge in [-0.2, -0.15) is 0 Å². The van der Waals surface area contributed by atoms with E-state index in [1.54, 1.807) is 7.11 Å². The van der Waals surface area contributed by atoms with Gasteiger partial charge in [0.15, 0.2) is 5.96 Å². The van der Waals surface area contributed by atoms with Crippen LogP contribution in [0.2, 0.25) is 0 Å². The Hall–Kier alpha value is -3.08. The average molecular weight is 348 g/mol. The topological polar surface area (TPSA) is 58.5 Å². The highest BCUT2D eigenvalue weighted by Gasteiger charge is 2.04. The van der Waals surface area contributed by atoms with Gasteiger partial charge in [-0.3, -0.25) is 4.98 Å². The predicted octanol–water partition coefficient (Wildman–Crippen LogP) is 3.50. The second-order valence-electron chi connectivity index (χ2n) is 5.89. The number of para-hydroxylation sites is 1. The first-order valence-electron chi connectivity index (χ1n) is 8.78. The lowest BCUT2D eigenvalue weighted by atomic mass is 10.1. The van der Waals surface area contributed by atoms with Crippen molar-refractivity contribution >= 4 is 16.9 Å². The zero-order valence-corrected chi connectivity index (χ0v) is 15.2. The molecule has 1 aromatic heterocycles. The molecule has 0 atom stereocenters. The molecular weight excluding hydrogens is 324 g/mol. The van der Waals surface area contributed by atoms with E-state index in [4.69, 9.17) is 4.74 Å². The number of ether oxygens (including phenoxy) is 1. The molecule has 0 fully saturated rings. The maximum atomic E-state index is 5.27. The monoisotopic (exact) mass is 348 g/mol. The van der Waals surface area contributed by atoms with E-state index >= 15 is 0 Å². The van der Waals surface area contributed by atoms with E-state index in [0.29, 0.717) is 13.1 Å². The van der Waals surface area contributed by atoms with E-state index < -0.39 is 0 Å². The van der Waals surface area contributed by atoms with Crippen LogP contribution < -0.4 is 15.4 Å². The fourth-order valence-corrected chi connectivity index (χ4v) is 2.77. The SMILES string of the molecule is CCNC(=NCc1cccc(OC)c1)NCc1cccc2cccnc12. The highest BCUT2D eigenvalue weighted by Crippen LogP contribution is 2.16. The van der Waals surface area contributed by atoms with E-state index in [-0.39, 0.29) is 0 Å². The van der Waals surface area contributed by atoms with Gasteiger partial charge < -0.3 is 15.4 Å². The predicted molar refractivity (Wildman–Crippen MR) is 106 cm³/mol. The smallest absolute Gasteiger partial charge is 0.191 e. The molecule has 2 N–H and O–H groups in total. The summed E-state index contributed by atoms with van der Waals surface area (Å²) in [7, 11) is 1.67. The molecule has 0 saturated heterocycles. The van der Waals surface area contributed by atoms with Gasteiger partial charge in [0.2, 0.25) is 0 Å². The Bertz CT molecular complexity index is 887. The third-order valence-corrected chi connectivity index (χ3v) is 4.06. The number of aliphatic imine (C=N–C) groups is 1. The maximum absolute atomic E-state index is 5.27. The van der Waals surface area contributed by atoms with Gasteiger partial charge in [0.1, 0.15) is 5.75 Å². The van der Waals surface area contributed by atoms with Crippen molar-refractivity contribution in [3.63, 3.8) is 0 Å². The normalized spacial score (nSPS) is 11.4. The van der Waals surface area contributed by atoms with Gasteiger partial charge in [-0.15, -0.1) is 0 Å². The summed E-state index contributed by atoms with van der Waals surface area (Å²) in [6, 6.07) is 18.2. The molecule has 2 aromatic carbocycles. The Labute approximate surface area is 154 Å². The first-order chi connectivity index (χ1) is 12.8. The van der Waals surface area contributed by atoms with Crippen LogP contribution in [0.15, 0.2) is 65.8 Å². The maximum Gasteiger partial charge on any atom is 0.191 e. The second kappa shape index (κ2) is 8.85. The molecule has 5 heteroatoms. The van der Waals surface area contributed by atoms with Gasteiger partial charge in [-0.25, -0.2) is 4.99 Å². The number of pyridine rings is 1. The lowest BCUT2D eigenvalue weighted by Crippen LogP contribution is -2.36. The number of benzene rings is 2. The van der Waals surface area contributed by atoms with Crippen molar-refractivity contribution in [3.05, 3.63) is 71.9 Å². The lowest BCUT2D eigenvalue weighted by molar-refractivity contribution is 0.414. The van der Waals surface area contributed by atoms with Crippen LogP contribution in [0.3, 0.4) is 0 Å². The Morgan fingerprint density at radius 2 is 1.92 bits per heavy atom. The van der Waals surface area contributed by atoms with E-state index in [9.17, 15) is 0 Å². The van der Waals surface area contributed by atoms with Crippen molar-refractivity contribution in [2.75, 3.05) is 13.7 Å². The van der Waals surface area contributed by atoms with Crippen LogP contribution in [0.5, 0.6) is 5.75 Å². The van der Waals surface area contributed by atoms with E-state index in [1.165, 1.54) is 0 Å².